The molecular weight excluding hydrogens is 520 g/mol. The summed E-state index contributed by atoms with van der Waals surface area (Å²) in [5.74, 6) is -5.44. The third-order valence-corrected chi connectivity index (χ3v) is 6.74. The van der Waals surface area contributed by atoms with Gasteiger partial charge in [-0.25, -0.2) is 4.79 Å². The highest BCUT2D eigenvalue weighted by Gasteiger charge is 2.54. The largest absolute Gasteiger partial charge is 0.477 e. The number of Topliss-reactive ketones (excluding diaryl/α,β-unsaturated/α-hetero) is 1. The van der Waals surface area contributed by atoms with E-state index in [1.807, 2.05) is 0 Å². The van der Waals surface area contributed by atoms with Crippen LogP contribution in [0, 0.1) is 5.92 Å². The first-order valence-electron chi connectivity index (χ1n) is 11.6. The van der Waals surface area contributed by atoms with E-state index in [-0.39, 0.29) is 29.5 Å². The van der Waals surface area contributed by atoms with Crippen molar-refractivity contribution in [3.8, 4) is 0 Å². The van der Waals surface area contributed by atoms with E-state index < -0.39 is 71.3 Å². The Balaban J connectivity index is 1.63. The van der Waals surface area contributed by atoms with Gasteiger partial charge in [-0.15, -0.1) is 0 Å². The number of hydrogen-bond acceptors (Lipinski definition) is 9. The van der Waals surface area contributed by atoms with Crippen LogP contribution >= 0.6 is 11.6 Å². The number of ketones is 3. The summed E-state index contributed by atoms with van der Waals surface area (Å²) in [5, 5.41) is 28.7. The molecule has 1 heterocycles. The molecule has 1 aliphatic heterocycles. The zero-order valence-corrected chi connectivity index (χ0v) is 20.4. The molecular formula is C25H23ClN4O8. The maximum Gasteiger partial charge on any atom is 0.353 e. The molecule has 0 spiro atoms. The number of allylic oxidation sites excluding steroid dienone is 3. The summed E-state index contributed by atoms with van der Waals surface area (Å²) in [6.07, 6.45) is 1.91. The average molecular weight is 543 g/mol. The van der Waals surface area contributed by atoms with Crippen molar-refractivity contribution in [3.05, 3.63) is 70.0 Å². The first-order chi connectivity index (χ1) is 18.1. The first kappa shape index (κ1) is 26.8. The molecule has 0 aromatic heterocycles. The summed E-state index contributed by atoms with van der Waals surface area (Å²) >= 11 is 6.00. The van der Waals surface area contributed by atoms with Gasteiger partial charge in [0.2, 0.25) is 11.7 Å². The van der Waals surface area contributed by atoms with Gasteiger partial charge in [0.15, 0.2) is 11.6 Å². The summed E-state index contributed by atoms with van der Waals surface area (Å²) in [4.78, 5) is 75.5. The van der Waals surface area contributed by atoms with Crippen LogP contribution in [-0.4, -0.2) is 70.6 Å². The number of aliphatic carboxylic acids is 1. The smallest absolute Gasteiger partial charge is 0.353 e. The van der Waals surface area contributed by atoms with Gasteiger partial charge in [-0.2, -0.15) is 0 Å². The number of hydrogen-bond donors (Lipinski definition) is 6. The van der Waals surface area contributed by atoms with Crippen LogP contribution < -0.4 is 21.3 Å². The van der Waals surface area contributed by atoms with Crippen molar-refractivity contribution in [2.45, 2.75) is 24.5 Å². The minimum atomic E-state index is -1.32. The number of carboxylic acid groups (broad SMARTS) is 1. The molecule has 0 bridgehead atoms. The molecule has 1 fully saturated rings. The van der Waals surface area contributed by atoms with Crippen molar-refractivity contribution in [2.24, 2.45) is 5.92 Å². The van der Waals surface area contributed by atoms with Gasteiger partial charge < -0.3 is 31.5 Å². The topological polar surface area (TPSA) is 191 Å². The number of rotatable bonds is 9. The fraction of sp³-hybridized carbons (Fsp3) is 0.280. The molecule has 38 heavy (non-hydrogen) atoms. The lowest BCUT2D eigenvalue weighted by atomic mass is 9.69. The Morgan fingerprint density at radius 2 is 1.76 bits per heavy atom. The number of aliphatic hydroxyl groups is 1. The van der Waals surface area contributed by atoms with Crippen molar-refractivity contribution >= 4 is 46.7 Å². The standard InChI is InChI=1S/C25H23ClN4O8/c26-13-10-12-18(29-19(13)25(37)38)21(22(12)34)30-24(36)17(11-4-2-1-3-5-11)28-20-15(33)7-6-14(32)16(20)23(35)27-8-9-31/h1-7,12,17-18,21,28-29,31H,8-10H2,(H,27,35)(H,30,36)(H,37,38). The number of halogens is 1. The van der Waals surface area contributed by atoms with Crippen LogP contribution in [0.15, 0.2) is 64.5 Å². The Bertz CT molecular complexity index is 1320. The van der Waals surface area contributed by atoms with E-state index in [4.69, 9.17) is 16.7 Å². The molecule has 198 valence electrons. The minimum absolute atomic E-state index is 0.00757. The third kappa shape index (κ3) is 5.08. The van der Waals surface area contributed by atoms with Crippen molar-refractivity contribution in [1.82, 2.24) is 21.3 Å². The van der Waals surface area contributed by atoms with E-state index in [9.17, 15) is 33.9 Å². The monoisotopic (exact) mass is 542 g/mol. The number of aliphatic hydroxyl groups excluding tert-OH is 1. The molecule has 1 saturated carbocycles. The maximum atomic E-state index is 13.5. The number of benzene rings is 1. The average Bonchev–Trinajstić information content (AvgIpc) is 2.90. The fourth-order valence-electron chi connectivity index (χ4n) is 4.51. The second-order valence-electron chi connectivity index (χ2n) is 8.73. The van der Waals surface area contributed by atoms with E-state index in [0.717, 1.165) is 12.2 Å². The lowest BCUT2D eigenvalue weighted by Crippen LogP contribution is -2.71. The molecule has 2 aliphatic carbocycles. The minimum Gasteiger partial charge on any atom is -0.477 e. The van der Waals surface area contributed by atoms with Crippen LogP contribution in [0.2, 0.25) is 0 Å². The Labute approximate surface area is 220 Å². The van der Waals surface area contributed by atoms with Gasteiger partial charge in [0, 0.05) is 17.5 Å². The quantitative estimate of drug-likeness (QED) is 0.166. The highest BCUT2D eigenvalue weighted by molar-refractivity contribution is 6.32. The van der Waals surface area contributed by atoms with Gasteiger partial charge in [-0.1, -0.05) is 41.9 Å². The molecule has 12 nitrogen and oxygen atoms in total. The predicted molar refractivity (Wildman–Crippen MR) is 131 cm³/mol. The molecule has 0 saturated heterocycles. The van der Waals surface area contributed by atoms with Gasteiger partial charge >= 0.3 is 5.97 Å². The summed E-state index contributed by atoms with van der Waals surface area (Å²) in [6.45, 7) is -0.566. The summed E-state index contributed by atoms with van der Waals surface area (Å²) < 4.78 is 0. The number of carbonyl (C=O) groups excluding carboxylic acids is 5. The third-order valence-electron chi connectivity index (χ3n) is 6.39. The van der Waals surface area contributed by atoms with Crippen LogP contribution in [0.4, 0.5) is 0 Å². The van der Waals surface area contributed by atoms with Crippen LogP contribution in [-0.2, 0) is 28.8 Å². The molecule has 0 radical (unpaired) electrons. The van der Waals surface area contributed by atoms with E-state index in [1.54, 1.807) is 30.3 Å². The van der Waals surface area contributed by atoms with Gasteiger partial charge in [0.05, 0.1) is 18.3 Å². The van der Waals surface area contributed by atoms with E-state index >= 15 is 0 Å². The summed E-state index contributed by atoms with van der Waals surface area (Å²) in [6, 6.07) is 5.00. The number of fused-ring (bicyclic) bond motifs is 1. The van der Waals surface area contributed by atoms with E-state index in [2.05, 4.69) is 21.3 Å². The molecule has 3 aliphatic rings. The predicted octanol–water partition coefficient (Wildman–Crippen LogP) is -1.03. The second kappa shape index (κ2) is 11.0. The van der Waals surface area contributed by atoms with Crippen molar-refractivity contribution in [2.75, 3.05) is 13.2 Å². The Morgan fingerprint density at radius 1 is 1.08 bits per heavy atom. The summed E-state index contributed by atoms with van der Waals surface area (Å²) in [5.41, 5.74) is -0.844. The van der Waals surface area contributed by atoms with Crippen molar-refractivity contribution in [1.29, 1.82) is 0 Å². The van der Waals surface area contributed by atoms with Gasteiger partial charge in [-0.05, 0) is 24.1 Å². The molecule has 13 heteroatoms. The molecule has 4 rings (SSSR count). The molecule has 1 aromatic carbocycles. The zero-order valence-electron chi connectivity index (χ0n) is 19.7. The zero-order chi connectivity index (χ0) is 27.6. The molecule has 1 aromatic rings. The van der Waals surface area contributed by atoms with Crippen molar-refractivity contribution < 1.29 is 39.0 Å². The highest BCUT2D eigenvalue weighted by atomic mass is 35.5. The molecule has 6 N–H and O–H groups in total. The molecule has 4 atom stereocenters. The van der Waals surface area contributed by atoms with Gasteiger partial charge in [0.25, 0.3) is 5.91 Å². The van der Waals surface area contributed by atoms with Crippen LogP contribution in [0.25, 0.3) is 0 Å². The fourth-order valence-corrected chi connectivity index (χ4v) is 4.81. The number of nitrogens with one attached hydrogen (secondary N) is 4. The second-order valence-corrected chi connectivity index (χ2v) is 9.19. The van der Waals surface area contributed by atoms with E-state index in [1.165, 1.54) is 0 Å². The normalized spacial score (nSPS) is 23.2. The first-order valence-corrected chi connectivity index (χ1v) is 12.0. The lowest BCUT2D eigenvalue weighted by Gasteiger charge is -2.46. The Hall–Kier alpha value is -4.29. The highest BCUT2D eigenvalue weighted by Crippen LogP contribution is 2.37. The lowest BCUT2D eigenvalue weighted by molar-refractivity contribution is -0.141. The number of carboxylic acids is 1. The number of amides is 2. The number of carbonyl (C=O) groups is 6. The van der Waals surface area contributed by atoms with Gasteiger partial charge in [-0.3, -0.25) is 24.0 Å². The maximum absolute atomic E-state index is 13.5. The van der Waals surface area contributed by atoms with Crippen molar-refractivity contribution in [3.63, 3.8) is 0 Å². The SMILES string of the molecule is O=C(O)C1=C(Cl)CC2C(=O)C(NC(=O)C(NC3=C(C(=O)NCCO)C(=O)C=CC3=O)c3ccccc3)C2N1. The van der Waals surface area contributed by atoms with Crippen LogP contribution in [0.3, 0.4) is 0 Å². The van der Waals surface area contributed by atoms with Gasteiger partial charge in [0.1, 0.15) is 23.4 Å². The summed E-state index contributed by atoms with van der Waals surface area (Å²) in [7, 11) is 0. The molecule has 2 amide bonds. The Kier molecular flexibility index (Phi) is 7.74. The Morgan fingerprint density at radius 3 is 2.42 bits per heavy atom. The van der Waals surface area contributed by atoms with E-state index in [0.29, 0.717) is 5.56 Å². The van der Waals surface area contributed by atoms with Crippen LogP contribution in [0.5, 0.6) is 0 Å². The van der Waals surface area contributed by atoms with Crippen LogP contribution in [0.1, 0.15) is 18.0 Å². The molecule has 4 unspecified atom stereocenters.